The fraction of sp³-hybridized carbons (Fsp3) is 0.105. The summed E-state index contributed by atoms with van der Waals surface area (Å²) in [4.78, 5) is 12.3. The Morgan fingerprint density at radius 2 is 1.88 bits per heavy atom. The average molecular weight is 353 g/mol. The SMILES string of the molecule is CC/C(=N\NC(=O)c1cc(-c2ccccc2Cl)n[nH]1)c1ccccc1. The molecule has 0 bridgehead atoms. The first-order valence-corrected chi connectivity index (χ1v) is 8.29. The number of hydrogen-bond acceptors (Lipinski definition) is 3. The lowest BCUT2D eigenvalue weighted by Crippen LogP contribution is -2.20. The summed E-state index contributed by atoms with van der Waals surface area (Å²) in [7, 11) is 0. The summed E-state index contributed by atoms with van der Waals surface area (Å²) >= 11 is 6.16. The molecule has 126 valence electrons. The Morgan fingerprint density at radius 3 is 2.60 bits per heavy atom. The van der Waals surface area contributed by atoms with E-state index in [2.05, 4.69) is 20.7 Å². The third kappa shape index (κ3) is 3.95. The lowest BCUT2D eigenvalue weighted by atomic mass is 10.1. The van der Waals surface area contributed by atoms with Gasteiger partial charge in [0.15, 0.2) is 0 Å². The van der Waals surface area contributed by atoms with E-state index in [0.29, 0.717) is 22.8 Å². The van der Waals surface area contributed by atoms with Gasteiger partial charge in [0.2, 0.25) is 0 Å². The number of carbonyl (C=O) groups excluding carboxylic acids is 1. The van der Waals surface area contributed by atoms with Crippen LogP contribution in [-0.4, -0.2) is 21.8 Å². The minimum Gasteiger partial charge on any atom is -0.272 e. The first-order chi connectivity index (χ1) is 12.2. The maximum Gasteiger partial charge on any atom is 0.289 e. The highest BCUT2D eigenvalue weighted by Crippen LogP contribution is 2.26. The molecule has 3 aromatic rings. The number of hydrogen-bond donors (Lipinski definition) is 2. The van der Waals surface area contributed by atoms with Crippen molar-refractivity contribution in [3.8, 4) is 11.3 Å². The Labute approximate surface area is 150 Å². The first-order valence-electron chi connectivity index (χ1n) is 7.91. The molecule has 3 rings (SSSR count). The van der Waals surface area contributed by atoms with E-state index in [-0.39, 0.29) is 5.91 Å². The second-order valence-electron chi connectivity index (χ2n) is 5.37. The summed E-state index contributed by atoms with van der Waals surface area (Å²) in [5.74, 6) is -0.354. The number of aromatic nitrogens is 2. The van der Waals surface area contributed by atoms with Crippen molar-refractivity contribution in [1.29, 1.82) is 0 Å². The quantitative estimate of drug-likeness (QED) is 0.531. The fourth-order valence-electron chi connectivity index (χ4n) is 2.40. The summed E-state index contributed by atoms with van der Waals surface area (Å²) in [6.45, 7) is 1.99. The summed E-state index contributed by atoms with van der Waals surface area (Å²) in [6.07, 6.45) is 0.706. The number of hydrazone groups is 1. The van der Waals surface area contributed by atoms with Crippen molar-refractivity contribution in [2.45, 2.75) is 13.3 Å². The summed E-state index contributed by atoms with van der Waals surface area (Å²) < 4.78 is 0. The number of rotatable bonds is 5. The number of benzene rings is 2. The van der Waals surface area contributed by atoms with Crippen LogP contribution in [0.1, 0.15) is 29.4 Å². The van der Waals surface area contributed by atoms with Crippen molar-refractivity contribution in [3.63, 3.8) is 0 Å². The second-order valence-corrected chi connectivity index (χ2v) is 5.77. The van der Waals surface area contributed by atoms with Gasteiger partial charge in [-0.25, -0.2) is 5.43 Å². The van der Waals surface area contributed by atoms with Gasteiger partial charge in [0.1, 0.15) is 5.69 Å². The van der Waals surface area contributed by atoms with E-state index in [1.807, 2.05) is 55.5 Å². The van der Waals surface area contributed by atoms with Crippen molar-refractivity contribution >= 4 is 23.2 Å². The minimum absolute atomic E-state index is 0.321. The van der Waals surface area contributed by atoms with E-state index in [4.69, 9.17) is 11.6 Å². The van der Waals surface area contributed by atoms with Gasteiger partial charge in [-0.05, 0) is 24.1 Å². The molecule has 1 aromatic heterocycles. The molecule has 25 heavy (non-hydrogen) atoms. The van der Waals surface area contributed by atoms with Crippen molar-refractivity contribution < 1.29 is 4.79 Å². The zero-order valence-electron chi connectivity index (χ0n) is 13.7. The van der Waals surface area contributed by atoms with Crippen LogP contribution in [0.25, 0.3) is 11.3 Å². The second kappa shape index (κ2) is 7.77. The van der Waals surface area contributed by atoms with Gasteiger partial charge >= 0.3 is 0 Å². The van der Waals surface area contributed by atoms with Crippen LogP contribution >= 0.6 is 11.6 Å². The molecule has 0 unspecified atom stereocenters. The highest BCUT2D eigenvalue weighted by atomic mass is 35.5. The van der Waals surface area contributed by atoms with Crippen LogP contribution < -0.4 is 5.43 Å². The smallest absolute Gasteiger partial charge is 0.272 e. The number of halogens is 1. The van der Waals surface area contributed by atoms with E-state index >= 15 is 0 Å². The Morgan fingerprint density at radius 1 is 1.16 bits per heavy atom. The van der Waals surface area contributed by atoms with Crippen molar-refractivity contribution in [2.75, 3.05) is 0 Å². The van der Waals surface area contributed by atoms with E-state index in [1.165, 1.54) is 0 Å². The van der Waals surface area contributed by atoms with Crippen molar-refractivity contribution in [2.24, 2.45) is 5.10 Å². The van der Waals surface area contributed by atoms with Crippen molar-refractivity contribution in [3.05, 3.63) is 76.9 Å². The third-order valence-corrected chi connectivity index (χ3v) is 4.04. The molecular weight excluding hydrogens is 336 g/mol. The van der Waals surface area contributed by atoms with Crippen LogP contribution in [0, 0.1) is 0 Å². The molecule has 1 heterocycles. The normalized spacial score (nSPS) is 11.4. The summed E-state index contributed by atoms with van der Waals surface area (Å²) in [5, 5.41) is 11.7. The minimum atomic E-state index is -0.354. The topological polar surface area (TPSA) is 70.1 Å². The molecule has 6 heteroatoms. The molecule has 5 nitrogen and oxygen atoms in total. The van der Waals surface area contributed by atoms with Crippen LogP contribution in [0.15, 0.2) is 65.8 Å². The number of nitrogens with one attached hydrogen (secondary N) is 2. The lowest BCUT2D eigenvalue weighted by Gasteiger charge is -2.04. The third-order valence-electron chi connectivity index (χ3n) is 3.71. The Bertz CT molecular complexity index is 903. The molecule has 0 spiro atoms. The van der Waals surface area contributed by atoms with E-state index < -0.39 is 0 Å². The maximum absolute atomic E-state index is 12.3. The largest absolute Gasteiger partial charge is 0.289 e. The molecule has 0 aliphatic carbocycles. The molecule has 0 saturated carbocycles. The molecule has 0 atom stereocenters. The van der Waals surface area contributed by atoms with Gasteiger partial charge in [0.05, 0.1) is 16.4 Å². The highest BCUT2D eigenvalue weighted by Gasteiger charge is 2.12. The Hall–Kier alpha value is -2.92. The van der Waals surface area contributed by atoms with E-state index in [9.17, 15) is 4.79 Å². The summed E-state index contributed by atoms with van der Waals surface area (Å²) in [5.41, 5.74) is 6.05. The van der Waals surface area contributed by atoms with Crippen LogP contribution in [0.5, 0.6) is 0 Å². The zero-order valence-corrected chi connectivity index (χ0v) is 14.4. The molecule has 0 saturated heterocycles. The number of carbonyl (C=O) groups is 1. The van der Waals surface area contributed by atoms with Crippen molar-refractivity contribution in [1.82, 2.24) is 15.6 Å². The molecule has 2 aromatic carbocycles. The van der Waals surface area contributed by atoms with Gasteiger partial charge in [-0.2, -0.15) is 10.2 Å². The van der Waals surface area contributed by atoms with Crippen LogP contribution in [0.3, 0.4) is 0 Å². The summed E-state index contributed by atoms with van der Waals surface area (Å²) in [6, 6.07) is 18.7. The van der Waals surface area contributed by atoms with Crippen LogP contribution in [0.2, 0.25) is 5.02 Å². The number of aromatic amines is 1. The molecule has 0 fully saturated rings. The van der Waals surface area contributed by atoms with E-state index in [0.717, 1.165) is 16.8 Å². The molecular formula is C19H17ClN4O. The monoisotopic (exact) mass is 352 g/mol. The van der Waals surface area contributed by atoms with Gasteiger partial charge in [0.25, 0.3) is 5.91 Å². The maximum atomic E-state index is 12.3. The fourth-order valence-corrected chi connectivity index (χ4v) is 2.63. The lowest BCUT2D eigenvalue weighted by molar-refractivity contribution is 0.0950. The van der Waals surface area contributed by atoms with Crippen LogP contribution in [0.4, 0.5) is 0 Å². The molecule has 0 aliphatic heterocycles. The number of H-pyrrole nitrogens is 1. The zero-order chi connectivity index (χ0) is 17.6. The highest BCUT2D eigenvalue weighted by molar-refractivity contribution is 6.33. The molecule has 0 radical (unpaired) electrons. The predicted octanol–water partition coefficient (Wildman–Crippen LogP) is 4.27. The molecule has 0 aliphatic rings. The predicted molar refractivity (Wildman–Crippen MR) is 99.8 cm³/mol. The standard InChI is InChI=1S/C19H17ClN4O/c1-2-16(13-8-4-3-5-9-13)21-24-19(25)18-12-17(22-23-18)14-10-6-7-11-15(14)20/h3-12H,2H2,1H3,(H,22,23)(H,24,25)/b21-16+. The number of amides is 1. The van der Waals surface area contributed by atoms with Gasteiger partial charge in [-0.3, -0.25) is 9.89 Å². The van der Waals surface area contributed by atoms with Gasteiger partial charge in [0, 0.05) is 5.56 Å². The Kier molecular flexibility index (Phi) is 5.26. The van der Waals surface area contributed by atoms with Gasteiger partial charge in [-0.1, -0.05) is 67.1 Å². The van der Waals surface area contributed by atoms with Gasteiger partial charge < -0.3 is 0 Å². The van der Waals surface area contributed by atoms with Crippen LogP contribution in [-0.2, 0) is 0 Å². The molecule has 2 N–H and O–H groups in total. The van der Waals surface area contributed by atoms with E-state index in [1.54, 1.807) is 12.1 Å². The first kappa shape index (κ1) is 16.9. The molecule has 1 amide bonds. The average Bonchev–Trinajstić information content (AvgIpc) is 3.13. The van der Waals surface area contributed by atoms with Gasteiger partial charge in [-0.15, -0.1) is 0 Å². The number of nitrogens with zero attached hydrogens (tertiary/aromatic N) is 2. The Balaban J connectivity index is 1.76.